The zero-order chi connectivity index (χ0) is 15.0. The van der Waals surface area contributed by atoms with Gasteiger partial charge in [0.05, 0.1) is 12.8 Å². The second-order valence-electron chi connectivity index (χ2n) is 4.80. The molecule has 2 aromatic heterocycles. The number of furan rings is 1. The lowest BCUT2D eigenvalue weighted by molar-refractivity contribution is -0.149. The molecule has 6 nitrogen and oxygen atoms in total. The van der Waals surface area contributed by atoms with Gasteiger partial charge in [-0.25, -0.2) is 14.2 Å². The first-order valence-corrected chi connectivity index (χ1v) is 7.07. The van der Waals surface area contributed by atoms with Crippen LogP contribution in [0.25, 0.3) is 10.6 Å². The molecule has 0 radical (unpaired) electrons. The SMILES string of the molecule is O=C(c1csc(-c2ccoc2)n1)N1CCC(F)(C(=O)O)C1. The average Bonchev–Trinajstić information content (AvgIpc) is 3.18. The summed E-state index contributed by atoms with van der Waals surface area (Å²) in [4.78, 5) is 28.4. The van der Waals surface area contributed by atoms with Gasteiger partial charge in [0.25, 0.3) is 5.91 Å². The second kappa shape index (κ2) is 4.96. The number of carbonyl (C=O) groups excluding carboxylic acids is 1. The van der Waals surface area contributed by atoms with E-state index >= 15 is 0 Å². The van der Waals surface area contributed by atoms with Crippen molar-refractivity contribution in [3.63, 3.8) is 0 Å². The fourth-order valence-electron chi connectivity index (χ4n) is 2.17. The lowest BCUT2D eigenvalue weighted by Crippen LogP contribution is -2.39. The Bertz CT molecular complexity index is 684. The first-order valence-electron chi connectivity index (χ1n) is 6.19. The number of carboxylic acid groups (broad SMARTS) is 1. The fourth-order valence-corrected chi connectivity index (χ4v) is 2.95. The summed E-state index contributed by atoms with van der Waals surface area (Å²) >= 11 is 1.27. The fraction of sp³-hybridized carbons (Fsp3) is 0.308. The Morgan fingerprint density at radius 3 is 2.95 bits per heavy atom. The van der Waals surface area contributed by atoms with E-state index in [4.69, 9.17) is 9.52 Å². The number of amides is 1. The van der Waals surface area contributed by atoms with Gasteiger partial charge < -0.3 is 14.4 Å². The molecule has 2 aromatic rings. The van der Waals surface area contributed by atoms with Gasteiger partial charge in [-0.2, -0.15) is 0 Å². The van der Waals surface area contributed by atoms with Crippen LogP contribution in [0.15, 0.2) is 28.4 Å². The Morgan fingerprint density at radius 1 is 1.52 bits per heavy atom. The second-order valence-corrected chi connectivity index (χ2v) is 5.66. The molecule has 1 atom stereocenters. The van der Waals surface area contributed by atoms with Gasteiger partial charge in [-0.05, 0) is 6.07 Å². The number of carboxylic acids is 1. The van der Waals surface area contributed by atoms with Crippen molar-refractivity contribution >= 4 is 23.2 Å². The van der Waals surface area contributed by atoms with E-state index in [1.807, 2.05) is 0 Å². The zero-order valence-corrected chi connectivity index (χ0v) is 11.6. The van der Waals surface area contributed by atoms with Crippen LogP contribution in [0.1, 0.15) is 16.9 Å². The Kier molecular flexibility index (Phi) is 3.25. The number of aliphatic carboxylic acids is 1. The number of nitrogens with zero attached hydrogens (tertiary/aromatic N) is 2. The van der Waals surface area contributed by atoms with Crippen LogP contribution in [-0.2, 0) is 4.79 Å². The van der Waals surface area contributed by atoms with E-state index < -0.39 is 24.1 Å². The smallest absolute Gasteiger partial charge is 0.343 e. The number of thiazole rings is 1. The normalized spacial score (nSPS) is 21.7. The number of halogens is 1. The first-order chi connectivity index (χ1) is 9.99. The molecule has 1 fully saturated rings. The van der Waals surface area contributed by atoms with E-state index in [2.05, 4.69) is 4.98 Å². The van der Waals surface area contributed by atoms with Gasteiger partial charge in [0, 0.05) is 23.9 Å². The van der Waals surface area contributed by atoms with Gasteiger partial charge in [0.2, 0.25) is 5.67 Å². The zero-order valence-electron chi connectivity index (χ0n) is 10.8. The molecule has 8 heteroatoms. The number of carbonyl (C=O) groups is 2. The summed E-state index contributed by atoms with van der Waals surface area (Å²) in [5, 5.41) is 11.0. The minimum absolute atomic E-state index is 0.0696. The highest BCUT2D eigenvalue weighted by molar-refractivity contribution is 7.13. The summed E-state index contributed by atoms with van der Waals surface area (Å²) in [7, 11) is 0. The molecular formula is C13H11FN2O4S. The molecule has 3 rings (SSSR count). The highest BCUT2D eigenvalue weighted by Gasteiger charge is 2.47. The molecule has 1 N–H and O–H groups in total. The Balaban J connectivity index is 1.76. The molecule has 0 spiro atoms. The number of hydrogen-bond donors (Lipinski definition) is 1. The summed E-state index contributed by atoms with van der Waals surface area (Å²) in [6.45, 7) is -0.375. The monoisotopic (exact) mass is 310 g/mol. The summed E-state index contributed by atoms with van der Waals surface area (Å²) < 4.78 is 18.9. The van der Waals surface area contributed by atoms with Gasteiger partial charge in [0.1, 0.15) is 17.0 Å². The molecule has 0 aromatic carbocycles. The number of hydrogen-bond acceptors (Lipinski definition) is 5. The van der Waals surface area contributed by atoms with Crippen LogP contribution in [0, 0.1) is 0 Å². The van der Waals surface area contributed by atoms with Gasteiger partial charge in [-0.15, -0.1) is 11.3 Å². The van der Waals surface area contributed by atoms with Crippen molar-refractivity contribution in [3.8, 4) is 10.6 Å². The summed E-state index contributed by atoms with van der Waals surface area (Å²) in [5.74, 6) is -1.99. The third-order valence-corrected chi connectivity index (χ3v) is 4.27. The van der Waals surface area contributed by atoms with Crippen molar-refractivity contribution in [3.05, 3.63) is 29.7 Å². The lowest BCUT2D eigenvalue weighted by Gasteiger charge is -2.16. The van der Waals surface area contributed by atoms with Crippen LogP contribution in [0.4, 0.5) is 4.39 Å². The molecule has 1 aliphatic rings. The molecule has 1 saturated heterocycles. The number of alkyl halides is 1. The van der Waals surface area contributed by atoms with Crippen LogP contribution in [0.5, 0.6) is 0 Å². The summed E-state index contributed by atoms with van der Waals surface area (Å²) in [6.07, 6.45) is 2.82. The van der Waals surface area contributed by atoms with E-state index in [-0.39, 0.29) is 18.7 Å². The van der Waals surface area contributed by atoms with E-state index in [1.54, 1.807) is 11.4 Å². The van der Waals surface area contributed by atoms with Gasteiger partial charge in [0.15, 0.2) is 0 Å². The van der Waals surface area contributed by atoms with Crippen molar-refractivity contribution < 1.29 is 23.5 Å². The van der Waals surface area contributed by atoms with Crippen LogP contribution < -0.4 is 0 Å². The van der Waals surface area contributed by atoms with Gasteiger partial charge in [-0.1, -0.05) is 0 Å². The molecule has 1 unspecified atom stereocenters. The maximum absolute atomic E-state index is 14.0. The molecule has 110 valence electrons. The predicted octanol–water partition coefficient (Wildman–Crippen LogP) is 2.04. The number of likely N-dealkylation sites (tertiary alicyclic amines) is 1. The Morgan fingerprint density at radius 2 is 2.33 bits per heavy atom. The largest absolute Gasteiger partial charge is 0.479 e. The van der Waals surface area contributed by atoms with Crippen LogP contribution in [0.3, 0.4) is 0 Å². The van der Waals surface area contributed by atoms with E-state index in [0.29, 0.717) is 5.01 Å². The first kappa shape index (κ1) is 13.7. The molecular weight excluding hydrogens is 299 g/mol. The van der Waals surface area contributed by atoms with Crippen molar-refractivity contribution in [2.75, 3.05) is 13.1 Å². The minimum Gasteiger partial charge on any atom is -0.479 e. The maximum atomic E-state index is 14.0. The van der Waals surface area contributed by atoms with Crippen molar-refractivity contribution in [1.82, 2.24) is 9.88 Å². The van der Waals surface area contributed by atoms with E-state index in [0.717, 1.165) is 5.56 Å². The van der Waals surface area contributed by atoms with Crippen molar-refractivity contribution in [1.29, 1.82) is 0 Å². The third kappa shape index (κ3) is 2.42. The van der Waals surface area contributed by atoms with Crippen LogP contribution >= 0.6 is 11.3 Å². The Hall–Kier alpha value is -2.22. The van der Waals surface area contributed by atoms with E-state index in [1.165, 1.54) is 28.8 Å². The van der Waals surface area contributed by atoms with E-state index in [9.17, 15) is 14.0 Å². The number of aromatic nitrogens is 1. The van der Waals surface area contributed by atoms with Crippen LogP contribution in [-0.4, -0.2) is 45.6 Å². The van der Waals surface area contributed by atoms with Gasteiger partial charge in [-0.3, -0.25) is 4.79 Å². The molecule has 0 bridgehead atoms. The Labute approximate surface area is 122 Å². The topological polar surface area (TPSA) is 83.6 Å². The molecule has 0 saturated carbocycles. The quantitative estimate of drug-likeness (QED) is 0.938. The van der Waals surface area contributed by atoms with Gasteiger partial charge >= 0.3 is 5.97 Å². The molecule has 1 aliphatic heterocycles. The highest BCUT2D eigenvalue weighted by atomic mass is 32.1. The predicted molar refractivity (Wildman–Crippen MR) is 71.8 cm³/mol. The molecule has 1 amide bonds. The van der Waals surface area contributed by atoms with Crippen molar-refractivity contribution in [2.24, 2.45) is 0 Å². The molecule has 21 heavy (non-hydrogen) atoms. The molecule has 0 aliphatic carbocycles. The standard InChI is InChI=1S/C13H11FN2O4S/c14-13(12(18)19)2-3-16(7-13)11(17)9-6-21-10(15-9)8-1-4-20-5-8/h1,4-6H,2-3,7H2,(H,18,19). The lowest BCUT2D eigenvalue weighted by atomic mass is 10.1. The highest BCUT2D eigenvalue weighted by Crippen LogP contribution is 2.29. The molecule has 3 heterocycles. The number of rotatable bonds is 3. The van der Waals surface area contributed by atoms with Crippen LogP contribution in [0.2, 0.25) is 0 Å². The maximum Gasteiger partial charge on any atom is 0.343 e. The summed E-state index contributed by atoms with van der Waals surface area (Å²) in [6, 6.07) is 1.72. The van der Waals surface area contributed by atoms with Crippen molar-refractivity contribution in [2.45, 2.75) is 12.1 Å². The minimum atomic E-state index is -2.36. The third-order valence-electron chi connectivity index (χ3n) is 3.38. The average molecular weight is 310 g/mol. The summed E-state index contributed by atoms with van der Waals surface area (Å²) in [5.41, 5.74) is -1.42.